The van der Waals surface area contributed by atoms with Crippen LogP contribution < -0.4 is 0 Å². The molecule has 0 atom stereocenters. The Morgan fingerprint density at radius 1 is 1.29 bits per heavy atom. The van der Waals surface area contributed by atoms with Crippen LogP contribution >= 0.6 is 0 Å². The van der Waals surface area contributed by atoms with Gasteiger partial charge in [-0.2, -0.15) is 8.42 Å². The normalized spacial score (nSPS) is 17.5. The highest BCUT2D eigenvalue weighted by Gasteiger charge is 2.18. The summed E-state index contributed by atoms with van der Waals surface area (Å²) in [5.74, 6) is 0.521. The maximum absolute atomic E-state index is 10.8. The molecule has 1 aromatic rings. The summed E-state index contributed by atoms with van der Waals surface area (Å²) in [6, 6.07) is 0. The Bertz CT molecular complexity index is 464. The molecule has 1 aliphatic carbocycles. The highest BCUT2D eigenvalue weighted by Crippen LogP contribution is 2.32. The quantitative estimate of drug-likeness (QED) is 0.765. The molecule has 1 heterocycles. The van der Waals surface area contributed by atoms with E-state index in [9.17, 15) is 8.42 Å². The summed E-state index contributed by atoms with van der Waals surface area (Å²) in [5.41, 5.74) is 1.54. The fourth-order valence-electron chi connectivity index (χ4n) is 2.04. The topological polar surface area (TPSA) is 69.2 Å². The van der Waals surface area contributed by atoms with E-state index < -0.39 is 10.1 Å². The summed E-state index contributed by atoms with van der Waals surface area (Å²) >= 11 is 0. The van der Waals surface area contributed by atoms with E-state index >= 15 is 0 Å². The average molecular weight is 256 g/mol. The molecule has 0 bridgehead atoms. The molecule has 17 heavy (non-hydrogen) atoms. The minimum absolute atomic E-state index is 0.0449. The van der Waals surface area contributed by atoms with Gasteiger partial charge in [0.2, 0.25) is 0 Å². The Hall–Kier alpha value is -1.01. The van der Waals surface area contributed by atoms with Crippen molar-refractivity contribution in [3.05, 3.63) is 23.8 Å². The lowest BCUT2D eigenvalue weighted by Gasteiger charge is -2.08. The molecule has 0 radical (unpaired) electrons. The van der Waals surface area contributed by atoms with E-state index in [0.717, 1.165) is 11.9 Å². The minimum Gasteiger partial charge on any atom is -0.264 e. The van der Waals surface area contributed by atoms with Gasteiger partial charge in [0.25, 0.3) is 10.1 Å². The van der Waals surface area contributed by atoms with Gasteiger partial charge >= 0.3 is 0 Å². The van der Waals surface area contributed by atoms with E-state index in [2.05, 4.69) is 14.2 Å². The second-order valence-corrected chi connectivity index (χ2v) is 6.02. The second kappa shape index (κ2) is 5.10. The van der Waals surface area contributed by atoms with Crippen LogP contribution in [0.25, 0.3) is 0 Å². The molecular formula is C11H16N2O3S. The number of hydrogen-bond acceptors (Lipinski definition) is 5. The summed E-state index contributed by atoms with van der Waals surface area (Å²) in [6.45, 7) is -0.0449. The summed E-state index contributed by atoms with van der Waals surface area (Å²) in [4.78, 5) is 8.50. The van der Waals surface area contributed by atoms with Gasteiger partial charge in [0.15, 0.2) is 0 Å². The van der Waals surface area contributed by atoms with E-state index in [1.807, 2.05) is 0 Å². The predicted molar refractivity (Wildman–Crippen MR) is 62.9 cm³/mol. The Balaban J connectivity index is 1.97. The van der Waals surface area contributed by atoms with Gasteiger partial charge in [-0.15, -0.1) is 0 Å². The summed E-state index contributed by atoms with van der Waals surface area (Å²) in [7, 11) is -3.42. The summed E-state index contributed by atoms with van der Waals surface area (Å²) in [5, 5.41) is 0. The lowest BCUT2D eigenvalue weighted by atomic mass is 10.1. The first-order valence-corrected chi connectivity index (χ1v) is 7.51. The molecule has 6 heteroatoms. The highest BCUT2D eigenvalue weighted by atomic mass is 32.2. The van der Waals surface area contributed by atoms with Crippen LogP contribution in [0.1, 0.15) is 43.0 Å². The minimum atomic E-state index is -3.42. The lowest BCUT2D eigenvalue weighted by Crippen LogP contribution is -2.05. The molecule has 2 rings (SSSR count). The first-order chi connectivity index (χ1) is 8.04. The molecule has 0 amide bonds. The van der Waals surface area contributed by atoms with Gasteiger partial charge in [-0.25, -0.2) is 0 Å². The first kappa shape index (κ1) is 12.4. The molecule has 0 aliphatic heterocycles. The van der Waals surface area contributed by atoms with Crippen molar-refractivity contribution in [2.45, 2.75) is 38.2 Å². The number of aromatic nitrogens is 2. The molecule has 1 aromatic heterocycles. The first-order valence-electron chi connectivity index (χ1n) is 5.70. The van der Waals surface area contributed by atoms with Crippen molar-refractivity contribution < 1.29 is 12.6 Å². The maximum Gasteiger partial charge on any atom is 0.264 e. The highest BCUT2D eigenvalue weighted by molar-refractivity contribution is 7.85. The van der Waals surface area contributed by atoms with Crippen LogP contribution in [0.3, 0.4) is 0 Å². The average Bonchev–Trinajstić information content (AvgIpc) is 2.79. The van der Waals surface area contributed by atoms with Crippen molar-refractivity contribution in [3.63, 3.8) is 0 Å². The van der Waals surface area contributed by atoms with Gasteiger partial charge in [0.05, 0.1) is 23.8 Å². The molecular weight excluding hydrogens is 240 g/mol. The summed E-state index contributed by atoms with van der Waals surface area (Å²) in [6.07, 6.45) is 9.21. The Morgan fingerprint density at radius 3 is 2.53 bits per heavy atom. The molecule has 1 saturated carbocycles. The summed E-state index contributed by atoms with van der Waals surface area (Å²) < 4.78 is 26.3. The van der Waals surface area contributed by atoms with Gasteiger partial charge in [-0.05, 0) is 12.8 Å². The van der Waals surface area contributed by atoms with Crippen molar-refractivity contribution in [2.75, 3.05) is 6.26 Å². The number of hydrogen-bond donors (Lipinski definition) is 0. The van der Waals surface area contributed by atoms with E-state index in [0.29, 0.717) is 11.6 Å². The van der Waals surface area contributed by atoms with E-state index in [-0.39, 0.29) is 6.61 Å². The third kappa shape index (κ3) is 3.74. The van der Waals surface area contributed by atoms with Crippen molar-refractivity contribution in [2.24, 2.45) is 0 Å². The largest absolute Gasteiger partial charge is 0.264 e. The Morgan fingerprint density at radius 2 is 2.00 bits per heavy atom. The monoisotopic (exact) mass is 256 g/mol. The molecule has 0 spiro atoms. The van der Waals surface area contributed by atoms with Gasteiger partial charge in [0.1, 0.15) is 6.61 Å². The van der Waals surface area contributed by atoms with Crippen LogP contribution in [0, 0.1) is 0 Å². The fraction of sp³-hybridized carbons (Fsp3) is 0.636. The zero-order chi connectivity index (χ0) is 12.3. The van der Waals surface area contributed by atoms with Gasteiger partial charge in [-0.3, -0.25) is 14.2 Å². The molecule has 0 N–H and O–H groups in total. The maximum atomic E-state index is 10.8. The molecule has 1 aliphatic rings. The molecule has 0 aromatic carbocycles. The van der Waals surface area contributed by atoms with Crippen LogP contribution in [0.4, 0.5) is 0 Å². The van der Waals surface area contributed by atoms with Crippen LogP contribution in [-0.2, 0) is 20.9 Å². The number of rotatable bonds is 4. The predicted octanol–water partition coefficient (Wildman–Crippen LogP) is 1.61. The van der Waals surface area contributed by atoms with E-state index in [1.165, 1.54) is 25.7 Å². The zero-order valence-electron chi connectivity index (χ0n) is 9.80. The van der Waals surface area contributed by atoms with Crippen LogP contribution in [0.2, 0.25) is 0 Å². The van der Waals surface area contributed by atoms with Crippen molar-refractivity contribution >= 4 is 10.1 Å². The van der Waals surface area contributed by atoms with E-state index in [1.54, 1.807) is 12.4 Å². The van der Waals surface area contributed by atoms with Gasteiger partial charge in [-0.1, -0.05) is 12.8 Å². The standard InChI is InChI=1S/C11H16N2O3S/c1-17(14,15)16-8-10-6-13-11(7-12-10)9-4-2-3-5-9/h6-7,9H,2-5,8H2,1H3. The van der Waals surface area contributed by atoms with Gasteiger partial charge < -0.3 is 0 Å². The molecule has 5 nitrogen and oxygen atoms in total. The van der Waals surface area contributed by atoms with Crippen molar-refractivity contribution in [1.82, 2.24) is 9.97 Å². The van der Waals surface area contributed by atoms with Crippen LogP contribution in [0.15, 0.2) is 12.4 Å². The fourth-order valence-corrected chi connectivity index (χ4v) is 2.37. The molecule has 1 fully saturated rings. The third-order valence-electron chi connectivity index (χ3n) is 2.92. The SMILES string of the molecule is CS(=O)(=O)OCc1cnc(C2CCCC2)cn1. The third-order valence-corrected chi connectivity index (χ3v) is 3.47. The van der Waals surface area contributed by atoms with Crippen molar-refractivity contribution in [3.8, 4) is 0 Å². The number of nitrogens with zero attached hydrogens (tertiary/aromatic N) is 2. The van der Waals surface area contributed by atoms with E-state index in [4.69, 9.17) is 0 Å². The van der Waals surface area contributed by atoms with Crippen molar-refractivity contribution in [1.29, 1.82) is 0 Å². The molecule has 0 saturated heterocycles. The van der Waals surface area contributed by atoms with Gasteiger partial charge in [0, 0.05) is 12.1 Å². The second-order valence-electron chi connectivity index (χ2n) is 4.38. The lowest BCUT2D eigenvalue weighted by molar-refractivity contribution is 0.306. The van der Waals surface area contributed by atoms with Crippen LogP contribution in [0.5, 0.6) is 0 Å². The Kier molecular flexibility index (Phi) is 3.73. The molecule has 94 valence electrons. The Labute approximate surface area is 101 Å². The smallest absolute Gasteiger partial charge is 0.264 e. The zero-order valence-corrected chi connectivity index (χ0v) is 10.6. The molecule has 0 unspecified atom stereocenters. The van der Waals surface area contributed by atoms with Crippen LogP contribution in [-0.4, -0.2) is 24.6 Å².